The molecule has 0 aliphatic rings. The van der Waals surface area contributed by atoms with Gasteiger partial charge in [0.25, 0.3) is 0 Å². The summed E-state index contributed by atoms with van der Waals surface area (Å²) in [5.41, 5.74) is 1.16. The van der Waals surface area contributed by atoms with Crippen molar-refractivity contribution in [3.05, 3.63) is 29.7 Å². The lowest BCUT2D eigenvalue weighted by Crippen LogP contribution is -2.33. The minimum atomic E-state index is 0.235. The minimum Gasteiger partial charge on any atom is -0.384 e. The zero-order valence-corrected chi connectivity index (χ0v) is 13.0. The molecular weight excluding hydrogens is 270 g/mol. The van der Waals surface area contributed by atoms with Gasteiger partial charge in [-0.2, -0.15) is 10.1 Å². The number of hydrogen-bond donors (Lipinski definition) is 1. The van der Waals surface area contributed by atoms with Gasteiger partial charge in [-0.05, 0) is 26.3 Å². The molecule has 7 heteroatoms. The zero-order valence-electron chi connectivity index (χ0n) is 13.0. The molecule has 116 valence electrons. The Morgan fingerprint density at radius 3 is 2.90 bits per heavy atom. The molecule has 2 aromatic rings. The van der Waals surface area contributed by atoms with Crippen molar-refractivity contribution in [3.8, 4) is 0 Å². The molecule has 0 spiro atoms. The molecule has 0 radical (unpaired) electrons. The molecule has 0 fully saturated rings. The third kappa shape index (κ3) is 4.37. The maximum atomic E-state index is 5.20. The summed E-state index contributed by atoms with van der Waals surface area (Å²) >= 11 is 0. The molecule has 0 aliphatic heterocycles. The molecule has 2 atom stereocenters. The van der Waals surface area contributed by atoms with Gasteiger partial charge in [0.1, 0.15) is 0 Å². The fourth-order valence-electron chi connectivity index (χ4n) is 1.96. The highest BCUT2D eigenvalue weighted by Crippen LogP contribution is 2.11. The molecule has 0 saturated carbocycles. The Labute approximate surface area is 124 Å². The van der Waals surface area contributed by atoms with Crippen molar-refractivity contribution in [1.82, 2.24) is 25.2 Å². The van der Waals surface area contributed by atoms with Crippen molar-refractivity contribution in [3.63, 3.8) is 0 Å². The largest absolute Gasteiger partial charge is 0.384 e. The smallest absolute Gasteiger partial charge is 0.240 e. The standard InChI is InChI=1S/C14H23N5O2/c1-10-7-16-19(9-10)12(3)11(2)15-8-14-17-13(18-21-14)5-6-20-4/h7,9,11-12,15H,5-6,8H2,1-4H3/t11-,12+/m0/s1. The van der Waals surface area contributed by atoms with Crippen molar-refractivity contribution in [2.45, 2.75) is 45.8 Å². The van der Waals surface area contributed by atoms with Gasteiger partial charge in [-0.15, -0.1) is 0 Å². The predicted molar refractivity (Wildman–Crippen MR) is 77.9 cm³/mol. The average molecular weight is 293 g/mol. The number of rotatable bonds is 8. The first kappa shape index (κ1) is 15.7. The summed E-state index contributed by atoms with van der Waals surface area (Å²) in [6, 6.07) is 0.480. The number of aryl methyl sites for hydroxylation is 1. The van der Waals surface area contributed by atoms with Crippen LogP contribution >= 0.6 is 0 Å². The molecule has 0 bridgehead atoms. The second-order valence-corrected chi connectivity index (χ2v) is 5.26. The Kier molecular flexibility index (Phi) is 5.46. The van der Waals surface area contributed by atoms with Gasteiger partial charge in [0, 0.05) is 25.8 Å². The molecule has 0 amide bonds. The van der Waals surface area contributed by atoms with E-state index in [1.807, 2.05) is 24.0 Å². The van der Waals surface area contributed by atoms with Crippen LogP contribution in [0.1, 0.15) is 37.2 Å². The number of ether oxygens (including phenoxy) is 1. The first-order valence-electron chi connectivity index (χ1n) is 7.14. The van der Waals surface area contributed by atoms with Crippen molar-refractivity contribution in [1.29, 1.82) is 0 Å². The summed E-state index contributed by atoms with van der Waals surface area (Å²) in [6.45, 7) is 7.42. The lowest BCUT2D eigenvalue weighted by Gasteiger charge is -2.20. The van der Waals surface area contributed by atoms with Crippen LogP contribution in [0.5, 0.6) is 0 Å². The summed E-state index contributed by atoms with van der Waals surface area (Å²) in [7, 11) is 1.66. The molecule has 2 rings (SSSR count). The van der Waals surface area contributed by atoms with E-state index < -0.39 is 0 Å². The molecule has 21 heavy (non-hydrogen) atoms. The van der Waals surface area contributed by atoms with Gasteiger partial charge in [-0.3, -0.25) is 4.68 Å². The van der Waals surface area contributed by atoms with Gasteiger partial charge in [0.05, 0.1) is 25.4 Å². The van der Waals surface area contributed by atoms with Crippen molar-refractivity contribution in [2.75, 3.05) is 13.7 Å². The predicted octanol–water partition coefficient (Wildman–Crippen LogP) is 1.50. The number of nitrogens with zero attached hydrogens (tertiary/aromatic N) is 4. The lowest BCUT2D eigenvalue weighted by atomic mass is 10.2. The van der Waals surface area contributed by atoms with Gasteiger partial charge in [-0.1, -0.05) is 5.16 Å². The molecule has 2 aromatic heterocycles. The Hall–Kier alpha value is -1.73. The molecule has 0 saturated heterocycles. The van der Waals surface area contributed by atoms with Crippen molar-refractivity contribution < 1.29 is 9.26 Å². The van der Waals surface area contributed by atoms with Crippen LogP contribution in [0.15, 0.2) is 16.9 Å². The zero-order chi connectivity index (χ0) is 15.2. The molecule has 1 N–H and O–H groups in total. The molecule has 2 heterocycles. The maximum absolute atomic E-state index is 5.20. The first-order chi connectivity index (χ1) is 10.1. The fourth-order valence-corrected chi connectivity index (χ4v) is 1.96. The second kappa shape index (κ2) is 7.33. The topological polar surface area (TPSA) is 78.0 Å². The van der Waals surface area contributed by atoms with E-state index in [4.69, 9.17) is 9.26 Å². The van der Waals surface area contributed by atoms with E-state index in [1.165, 1.54) is 0 Å². The van der Waals surface area contributed by atoms with E-state index in [-0.39, 0.29) is 12.1 Å². The number of methoxy groups -OCH3 is 1. The highest BCUT2D eigenvalue weighted by Gasteiger charge is 2.15. The summed E-state index contributed by atoms with van der Waals surface area (Å²) in [5, 5.41) is 11.6. The maximum Gasteiger partial charge on any atom is 0.240 e. The summed E-state index contributed by atoms with van der Waals surface area (Å²) in [5.74, 6) is 1.27. The Morgan fingerprint density at radius 2 is 2.24 bits per heavy atom. The van der Waals surface area contributed by atoms with Crippen molar-refractivity contribution >= 4 is 0 Å². The van der Waals surface area contributed by atoms with E-state index in [2.05, 4.69) is 34.4 Å². The Bertz CT molecular complexity index is 551. The van der Waals surface area contributed by atoms with E-state index in [0.29, 0.717) is 31.3 Å². The summed E-state index contributed by atoms with van der Waals surface area (Å²) in [6.07, 6.45) is 4.57. The van der Waals surface area contributed by atoms with Gasteiger partial charge < -0.3 is 14.6 Å². The van der Waals surface area contributed by atoms with Gasteiger partial charge in [0.15, 0.2) is 5.82 Å². The quantitative estimate of drug-likeness (QED) is 0.794. The van der Waals surface area contributed by atoms with Gasteiger partial charge >= 0.3 is 0 Å². The second-order valence-electron chi connectivity index (χ2n) is 5.26. The monoisotopic (exact) mass is 293 g/mol. The van der Waals surface area contributed by atoms with Crippen LogP contribution in [0.25, 0.3) is 0 Å². The highest BCUT2D eigenvalue weighted by molar-refractivity contribution is 5.00. The first-order valence-corrected chi connectivity index (χ1v) is 7.14. The van der Waals surface area contributed by atoms with Gasteiger partial charge in [-0.25, -0.2) is 0 Å². The molecule has 0 unspecified atom stereocenters. The fraction of sp³-hybridized carbons (Fsp3) is 0.643. The van der Waals surface area contributed by atoms with Gasteiger partial charge in [0.2, 0.25) is 5.89 Å². The third-order valence-corrected chi connectivity index (χ3v) is 3.49. The normalized spacial score (nSPS) is 14.3. The van der Waals surface area contributed by atoms with Crippen molar-refractivity contribution in [2.24, 2.45) is 0 Å². The van der Waals surface area contributed by atoms with Crippen LogP contribution in [0.3, 0.4) is 0 Å². The van der Waals surface area contributed by atoms with E-state index in [9.17, 15) is 0 Å². The number of hydrogen-bond acceptors (Lipinski definition) is 6. The Morgan fingerprint density at radius 1 is 1.43 bits per heavy atom. The van der Waals surface area contributed by atoms with Crippen LogP contribution in [0.2, 0.25) is 0 Å². The van der Waals surface area contributed by atoms with Crippen LogP contribution in [-0.2, 0) is 17.7 Å². The average Bonchev–Trinajstić information content (AvgIpc) is 3.10. The number of nitrogens with one attached hydrogen (secondary N) is 1. The minimum absolute atomic E-state index is 0.235. The van der Waals surface area contributed by atoms with E-state index in [1.54, 1.807) is 7.11 Å². The van der Waals surface area contributed by atoms with Crippen LogP contribution in [-0.4, -0.2) is 39.7 Å². The molecular formula is C14H23N5O2. The Balaban J connectivity index is 1.83. The molecule has 7 nitrogen and oxygen atoms in total. The third-order valence-electron chi connectivity index (χ3n) is 3.49. The van der Waals surface area contributed by atoms with Crippen LogP contribution in [0, 0.1) is 6.92 Å². The summed E-state index contributed by atoms with van der Waals surface area (Å²) in [4.78, 5) is 4.31. The summed E-state index contributed by atoms with van der Waals surface area (Å²) < 4.78 is 12.2. The van der Waals surface area contributed by atoms with Crippen LogP contribution in [0.4, 0.5) is 0 Å². The molecule has 0 aromatic carbocycles. The highest BCUT2D eigenvalue weighted by atomic mass is 16.5. The van der Waals surface area contributed by atoms with E-state index >= 15 is 0 Å². The lowest BCUT2D eigenvalue weighted by molar-refractivity contribution is 0.199. The van der Waals surface area contributed by atoms with Crippen LogP contribution < -0.4 is 5.32 Å². The number of aromatic nitrogens is 4. The SMILES string of the molecule is COCCc1noc(CN[C@@H](C)[C@@H](C)n2cc(C)cn2)n1. The molecule has 0 aliphatic carbocycles. The van der Waals surface area contributed by atoms with E-state index in [0.717, 1.165) is 5.56 Å².